The number of pyridine rings is 1. The first kappa shape index (κ1) is 17.6. The van der Waals surface area contributed by atoms with Crippen LogP contribution in [0, 0.1) is 0 Å². The molecule has 0 saturated carbocycles. The molecule has 0 bridgehead atoms. The lowest BCUT2D eigenvalue weighted by Gasteiger charge is -2.22. The van der Waals surface area contributed by atoms with Crippen molar-refractivity contribution in [1.82, 2.24) is 30.3 Å². The summed E-state index contributed by atoms with van der Waals surface area (Å²) >= 11 is 0. The van der Waals surface area contributed by atoms with Crippen LogP contribution in [0.5, 0.6) is 0 Å². The predicted octanol–water partition coefficient (Wildman–Crippen LogP) is 3.00. The highest BCUT2D eigenvalue weighted by atomic mass is 16.1. The van der Waals surface area contributed by atoms with Gasteiger partial charge in [0.25, 0.3) is 5.91 Å². The molecule has 0 atom stereocenters. The third-order valence-electron chi connectivity index (χ3n) is 5.33. The molecule has 1 aliphatic heterocycles. The normalized spacial score (nSPS) is 14.9. The smallest absolute Gasteiger partial charge is 0.276 e. The standard InChI is InChI=1S/C21H21N7O/c29-21(25-16-3-7-22-8-4-16)20-18-11-14(1-2-19(18)26-27-20)15-12-24-28(13-15)17-5-9-23-10-6-17/h1-4,7-8,11-13,17,23H,5-6,9-10H2,(H,26,27)(H,22,25,29). The molecule has 0 radical (unpaired) electrons. The van der Waals surface area contributed by atoms with Crippen molar-refractivity contribution in [3.05, 3.63) is 60.8 Å². The lowest BCUT2D eigenvalue weighted by molar-refractivity contribution is 0.102. The fraction of sp³-hybridized carbons (Fsp3) is 0.238. The van der Waals surface area contributed by atoms with Gasteiger partial charge in [0.05, 0.1) is 17.8 Å². The minimum Gasteiger partial charge on any atom is -0.320 e. The lowest BCUT2D eigenvalue weighted by atomic mass is 10.1. The summed E-state index contributed by atoms with van der Waals surface area (Å²) in [6.45, 7) is 2.05. The summed E-state index contributed by atoms with van der Waals surface area (Å²) in [7, 11) is 0. The van der Waals surface area contributed by atoms with Crippen molar-refractivity contribution >= 4 is 22.5 Å². The van der Waals surface area contributed by atoms with Crippen LogP contribution in [0.2, 0.25) is 0 Å². The van der Waals surface area contributed by atoms with Crippen LogP contribution in [-0.2, 0) is 0 Å². The van der Waals surface area contributed by atoms with Gasteiger partial charge >= 0.3 is 0 Å². The van der Waals surface area contributed by atoms with Gasteiger partial charge in [0.1, 0.15) is 0 Å². The number of piperidine rings is 1. The van der Waals surface area contributed by atoms with Crippen molar-refractivity contribution in [1.29, 1.82) is 0 Å². The number of carbonyl (C=O) groups excluding carboxylic acids is 1. The molecule has 1 saturated heterocycles. The quantitative estimate of drug-likeness (QED) is 0.500. The Hall–Kier alpha value is -3.52. The Morgan fingerprint density at radius 3 is 2.76 bits per heavy atom. The number of H-pyrrole nitrogens is 1. The monoisotopic (exact) mass is 387 g/mol. The molecule has 0 unspecified atom stereocenters. The second-order valence-electron chi connectivity index (χ2n) is 7.21. The molecule has 1 aromatic carbocycles. The van der Waals surface area contributed by atoms with E-state index in [2.05, 4.69) is 41.8 Å². The molecule has 3 aromatic heterocycles. The van der Waals surface area contributed by atoms with Gasteiger partial charge in [-0.05, 0) is 55.8 Å². The molecular weight excluding hydrogens is 366 g/mol. The van der Waals surface area contributed by atoms with Crippen molar-refractivity contribution in [2.24, 2.45) is 0 Å². The zero-order valence-corrected chi connectivity index (χ0v) is 15.8. The third-order valence-corrected chi connectivity index (χ3v) is 5.33. The summed E-state index contributed by atoms with van der Waals surface area (Å²) in [4.78, 5) is 16.7. The number of aromatic amines is 1. The van der Waals surface area contributed by atoms with Gasteiger partial charge in [-0.1, -0.05) is 6.07 Å². The zero-order chi connectivity index (χ0) is 19.6. The Labute approximate surface area is 167 Å². The summed E-state index contributed by atoms with van der Waals surface area (Å²) in [5.41, 5.74) is 3.91. The molecule has 4 heterocycles. The Kier molecular flexibility index (Phi) is 4.53. The van der Waals surface area contributed by atoms with Gasteiger partial charge in [-0.2, -0.15) is 10.2 Å². The Balaban J connectivity index is 1.43. The van der Waals surface area contributed by atoms with Gasteiger partial charge in [-0.25, -0.2) is 0 Å². The number of fused-ring (bicyclic) bond motifs is 1. The summed E-state index contributed by atoms with van der Waals surface area (Å²) in [6.07, 6.45) is 9.42. The van der Waals surface area contributed by atoms with E-state index in [1.165, 1.54) is 0 Å². The zero-order valence-electron chi connectivity index (χ0n) is 15.8. The highest BCUT2D eigenvalue weighted by Crippen LogP contribution is 2.27. The molecule has 5 rings (SSSR count). The molecule has 0 aliphatic carbocycles. The molecule has 1 amide bonds. The average Bonchev–Trinajstić information content (AvgIpc) is 3.42. The van der Waals surface area contributed by atoms with Crippen molar-refractivity contribution in [2.75, 3.05) is 18.4 Å². The molecule has 3 N–H and O–H groups in total. The second-order valence-corrected chi connectivity index (χ2v) is 7.21. The summed E-state index contributed by atoms with van der Waals surface area (Å²) in [5, 5.41) is 18.8. The fourth-order valence-corrected chi connectivity index (χ4v) is 3.75. The Morgan fingerprint density at radius 1 is 1.10 bits per heavy atom. The predicted molar refractivity (Wildman–Crippen MR) is 111 cm³/mol. The fourth-order valence-electron chi connectivity index (χ4n) is 3.75. The van der Waals surface area contributed by atoms with E-state index in [0.717, 1.165) is 48.0 Å². The van der Waals surface area contributed by atoms with E-state index in [9.17, 15) is 4.79 Å². The van der Waals surface area contributed by atoms with Crippen LogP contribution in [0.15, 0.2) is 55.1 Å². The maximum Gasteiger partial charge on any atom is 0.276 e. The first-order chi connectivity index (χ1) is 14.3. The van der Waals surface area contributed by atoms with Gasteiger partial charge in [0, 0.05) is 35.2 Å². The first-order valence-corrected chi connectivity index (χ1v) is 9.73. The molecule has 8 heteroatoms. The van der Waals surface area contributed by atoms with E-state index in [4.69, 9.17) is 0 Å². The number of nitrogens with zero attached hydrogens (tertiary/aromatic N) is 4. The van der Waals surface area contributed by atoms with E-state index in [0.29, 0.717) is 17.4 Å². The van der Waals surface area contributed by atoms with E-state index in [1.54, 1.807) is 24.5 Å². The maximum absolute atomic E-state index is 12.7. The minimum absolute atomic E-state index is 0.259. The minimum atomic E-state index is -0.259. The Morgan fingerprint density at radius 2 is 1.93 bits per heavy atom. The number of aromatic nitrogens is 5. The first-order valence-electron chi connectivity index (χ1n) is 9.73. The lowest BCUT2D eigenvalue weighted by Crippen LogP contribution is -2.29. The van der Waals surface area contributed by atoms with Crippen molar-refractivity contribution in [2.45, 2.75) is 18.9 Å². The third kappa shape index (κ3) is 3.50. The SMILES string of the molecule is O=C(Nc1ccncc1)c1n[nH]c2ccc(-c3cnn(C4CCNCC4)c3)cc12. The topological polar surface area (TPSA) is 101 Å². The van der Waals surface area contributed by atoms with E-state index in [-0.39, 0.29) is 5.91 Å². The van der Waals surface area contributed by atoms with Crippen LogP contribution < -0.4 is 10.6 Å². The number of rotatable bonds is 4. The number of carbonyl (C=O) groups is 1. The van der Waals surface area contributed by atoms with Crippen molar-refractivity contribution < 1.29 is 4.79 Å². The van der Waals surface area contributed by atoms with Crippen LogP contribution in [-0.4, -0.2) is 44.0 Å². The van der Waals surface area contributed by atoms with Crippen molar-refractivity contribution in [3.63, 3.8) is 0 Å². The number of amides is 1. The molecule has 1 fully saturated rings. The van der Waals surface area contributed by atoms with Crippen LogP contribution >= 0.6 is 0 Å². The largest absolute Gasteiger partial charge is 0.320 e. The van der Waals surface area contributed by atoms with E-state index in [1.807, 2.05) is 24.4 Å². The summed E-state index contributed by atoms with van der Waals surface area (Å²) < 4.78 is 2.06. The Bertz CT molecular complexity index is 1140. The number of benzene rings is 1. The number of anilines is 1. The van der Waals surface area contributed by atoms with Gasteiger partial charge in [-0.3, -0.25) is 19.6 Å². The molecular formula is C21H21N7O. The molecule has 0 spiro atoms. The molecule has 146 valence electrons. The summed E-state index contributed by atoms with van der Waals surface area (Å²) in [6, 6.07) is 9.88. The maximum atomic E-state index is 12.7. The highest BCUT2D eigenvalue weighted by molar-refractivity contribution is 6.11. The highest BCUT2D eigenvalue weighted by Gasteiger charge is 2.18. The molecule has 8 nitrogen and oxygen atoms in total. The van der Waals surface area contributed by atoms with Crippen LogP contribution in [0.3, 0.4) is 0 Å². The molecule has 1 aliphatic rings. The van der Waals surface area contributed by atoms with Crippen LogP contribution in [0.1, 0.15) is 29.4 Å². The van der Waals surface area contributed by atoms with Gasteiger partial charge in [-0.15, -0.1) is 0 Å². The molecule has 29 heavy (non-hydrogen) atoms. The summed E-state index contributed by atoms with van der Waals surface area (Å²) in [5.74, 6) is -0.259. The second kappa shape index (κ2) is 7.48. The van der Waals surface area contributed by atoms with Crippen molar-refractivity contribution in [3.8, 4) is 11.1 Å². The average molecular weight is 387 g/mol. The van der Waals surface area contributed by atoms with E-state index >= 15 is 0 Å². The van der Waals surface area contributed by atoms with Crippen LogP contribution in [0.25, 0.3) is 22.0 Å². The van der Waals surface area contributed by atoms with Gasteiger partial charge < -0.3 is 10.6 Å². The van der Waals surface area contributed by atoms with Gasteiger partial charge in [0.2, 0.25) is 0 Å². The number of hydrogen-bond acceptors (Lipinski definition) is 5. The number of hydrogen-bond donors (Lipinski definition) is 3. The molecule has 4 aromatic rings. The van der Waals surface area contributed by atoms with Crippen LogP contribution in [0.4, 0.5) is 5.69 Å². The van der Waals surface area contributed by atoms with E-state index < -0.39 is 0 Å². The number of nitrogens with one attached hydrogen (secondary N) is 3. The van der Waals surface area contributed by atoms with Gasteiger partial charge in [0.15, 0.2) is 5.69 Å².